The molecule has 0 amide bonds. The van der Waals surface area contributed by atoms with Crippen LogP contribution in [0.4, 0.5) is 0 Å². The van der Waals surface area contributed by atoms with E-state index in [1.54, 1.807) is 19.1 Å². The van der Waals surface area contributed by atoms with E-state index >= 15 is 0 Å². The molecule has 1 fully saturated rings. The van der Waals surface area contributed by atoms with Gasteiger partial charge < -0.3 is 5.11 Å². The van der Waals surface area contributed by atoms with Gasteiger partial charge in [0.2, 0.25) is 10.0 Å². The van der Waals surface area contributed by atoms with Crippen molar-refractivity contribution in [1.82, 2.24) is 9.62 Å². The molecule has 1 aromatic rings. The highest BCUT2D eigenvalue weighted by Gasteiger charge is 2.36. The number of hydrogen-bond acceptors (Lipinski definition) is 4. The molecule has 0 heterocycles. The summed E-state index contributed by atoms with van der Waals surface area (Å²) in [6.45, 7) is 6.20. The van der Waals surface area contributed by atoms with Gasteiger partial charge in [-0.05, 0) is 50.4 Å². The predicted molar refractivity (Wildman–Crippen MR) is 87.9 cm³/mol. The summed E-state index contributed by atoms with van der Waals surface area (Å²) in [4.78, 5) is 13.0. The van der Waals surface area contributed by atoms with Gasteiger partial charge in [0.05, 0.1) is 11.4 Å². The molecule has 128 valence electrons. The Kier molecular flexibility index (Phi) is 5.44. The van der Waals surface area contributed by atoms with E-state index in [0.29, 0.717) is 24.3 Å². The van der Waals surface area contributed by atoms with Crippen molar-refractivity contribution in [1.29, 1.82) is 0 Å². The van der Waals surface area contributed by atoms with Crippen LogP contribution in [0.2, 0.25) is 0 Å². The lowest BCUT2D eigenvalue weighted by molar-refractivity contribution is -0.139. The average Bonchev–Trinajstić information content (AvgIpc) is 2.42. The number of hydrogen-bond donors (Lipinski definition) is 2. The quantitative estimate of drug-likeness (QED) is 0.786. The Morgan fingerprint density at radius 3 is 2.57 bits per heavy atom. The van der Waals surface area contributed by atoms with Crippen LogP contribution in [0.15, 0.2) is 23.1 Å². The molecule has 1 aromatic carbocycles. The molecule has 1 saturated carbocycles. The van der Waals surface area contributed by atoms with Gasteiger partial charge in [-0.1, -0.05) is 19.1 Å². The number of rotatable bonds is 7. The lowest BCUT2D eigenvalue weighted by Gasteiger charge is -2.42. The van der Waals surface area contributed by atoms with E-state index in [9.17, 15) is 13.2 Å². The molecule has 7 heteroatoms. The number of sulfonamides is 1. The fraction of sp³-hybridized carbons (Fsp3) is 0.562. The molecule has 0 spiro atoms. The molecular weight excluding hydrogens is 316 g/mol. The van der Waals surface area contributed by atoms with Gasteiger partial charge in [-0.15, -0.1) is 0 Å². The van der Waals surface area contributed by atoms with E-state index in [1.165, 1.54) is 0 Å². The van der Waals surface area contributed by atoms with E-state index in [-0.39, 0.29) is 18.6 Å². The summed E-state index contributed by atoms with van der Waals surface area (Å²) in [6, 6.07) is 5.37. The number of aryl methyl sites for hydroxylation is 2. The highest BCUT2D eigenvalue weighted by molar-refractivity contribution is 7.89. The number of benzene rings is 1. The minimum Gasteiger partial charge on any atom is -0.480 e. The van der Waals surface area contributed by atoms with Gasteiger partial charge in [0.15, 0.2) is 0 Å². The molecule has 0 aliphatic heterocycles. The van der Waals surface area contributed by atoms with Gasteiger partial charge >= 0.3 is 5.97 Å². The first-order chi connectivity index (χ1) is 10.7. The van der Waals surface area contributed by atoms with Crippen molar-refractivity contribution in [3.8, 4) is 0 Å². The summed E-state index contributed by atoms with van der Waals surface area (Å²) < 4.78 is 27.8. The normalized spacial score (nSPS) is 21.2. The molecule has 6 nitrogen and oxygen atoms in total. The first-order valence-electron chi connectivity index (χ1n) is 7.78. The second-order valence-electron chi connectivity index (χ2n) is 6.17. The van der Waals surface area contributed by atoms with Gasteiger partial charge in [0.25, 0.3) is 0 Å². The Bertz CT molecular complexity index is 681. The van der Waals surface area contributed by atoms with Crippen molar-refractivity contribution in [3.63, 3.8) is 0 Å². The third-order valence-electron chi connectivity index (χ3n) is 4.33. The number of likely N-dealkylation sites (N-methyl/N-ethyl adjacent to an activating group) is 1. The summed E-state index contributed by atoms with van der Waals surface area (Å²) in [6.07, 6.45) is 1.29. The Labute approximate surface area is 137 Å². The fourth-order valence-electron chi connectivity index (χ4n) is 2.93. The van der Waals surface area contributed by atoms with Crippen molar-refractivity contribution >= 4 is 16.0 Å². The molecule has 0 unspecified atom stereocenters. The smallest absolute Gasteiger partial charge is 0.317 e. The molecule has 2 N–H and O–H groups in total. The van der Waals surface area contributed by atoms with Crippen LogP contribution >= 0.6 is 0 Å². The zero-order chi connectivity index (χ0) is 17.2. The minimum absolute atomic E-state index is 0.00236. The zero-order valence-corrected chi connectivity index (χ0v) is 14.6. The van der Waals surface area contributed by atoms with Crippen LogP contribution in [0.25, 0.3) is 0 Å². The number of nitrogens with one attached hydrogen (secondary N) is 1. The molecule has 0 bridgehead atoms. The van der Waals surface area contributed by atoms with Gasteiger partial charge in [-0.25, -0.2) is 13.1 Å². The van der Waals surface area contributed by atoms with Crippen LogP contribution in [0.3, 0.4) is 0 Å². The van der Waals surface area contributed by atoms with Crippen molar-refractivity contribution in [2.75, 3.05) is 13.1 Å². The zero-order valence-electron chi connectivity index (χ0n) is 13.7. The highest BCUT2D eigenvalue weighted by Crippen LogP contribution is 2.27. The van der Waals surface area contributed by atoms with Crippen LogP contribution in [0.5, 0.6) is 0 Å². The van der Waals surface area contributed by atoms with E-state index in [1.807, 2.05) is 24.8 Å². The summed E-state index contributed by atoms with van der Waals surface area (Å²) in [7, 11) is -3.54. The second kappa shape index (κ2) is 6.98. The summed E-state index contributed by atoms with van der Waals surface area (Å²) in [5.74, 6) is -0.855. The standard InChI is InChI=1S/C16H24N2O4S/c1-4-18(10-16(19)20)14-8-13(9-14)17-23(21,22)15-7-11(2)5-6-12(15)3/h5-7,13-14,17H,4,8-10H2,1-3H3,(H,19,20). The molecule has 23 heavy (non-hydrogen) atoms. The van der Waals surface area contributed by atoms with Crippen molar-refractivity contribution in [2.45, 2.75) is 50.6 Å². The van der Waals surface area contributed by atoms with Gasteiger partial charge in [-0.2, -0.15) is 0 Å². The Morgan fingerprint density at radius 1 is 1.35 bits per heavy atom. The minimum atomic E-state index is -3.54. The first-order valence-corrected chi connectivity index (χ1v) is 9.26. The summed E-state index contributed by atoms with van der Waals surface area (Å²) in [5.41, 5.74) is 1.63. The number of aliphatic carboxylic acids is 1. The Hall–Kier alpha value is -1.44. The third-order valence-corrected chi connectivity index (χ3v) is 5.99. The average molecular weight is 340 g/mol. The molecule has 0 atom stereocenters. The monoisotopic (exact) mass is 340 g/mol. The van der Waals surface area contributed by atoms with E-state index < -0.39 is 16.0 Å². The Balaban J connectivity index is 1.99. The van der Waals surface area contributed by atoms with Crippen LogP contribution < -0.4 is 4.72 Å². The van der Waals surface area contributed by atoms with Crippen molar-refractivity contribution in [2.24, 2.45) is 0 Å². The van der Waals surface area contributed by atoms with Gasteiger partial charge in [0.1, 0.15) is 0 Å². The van der Waals surface area contributed by atoms with Crippen molar-refractivity contribution in [3.05, 3.63) is 29.3 Å². The first kappa shape index (κ1) is 17.9. The number of carboxylic acids is 1. The van der Waals surface area contributed by atoms with Crippen LogP contribution in [-0.4, -0.2) is 49.6 Å². The summed E-state index contributed by atoms with van der Waals surface area (Å²) in [5, 5.41) is 8.89. The lowest BCUT2D eigenvalue weighted by Crippen LogP contribution is -2.54. The Morgan fingerprint density at radius 2 is 2.00 bits per heavy atom. The number of nitrogens with zero attached hydrogens (tertiary/aromatic N) is 1. The summed E-state index contributed by atoms with van der Waals surface area (Å²) >= 11 is 0. The maximum absolute atomic E-state index is 12.5. The van der Waals surface area contributed by atoms with Gasteiger partial charge in [0, 0.05) is 12.1 Å². The molecule has 0 aromatic heterocycles. The molecule has 1 aliphatic rings. The molecule has 0 saturated heterocycles. The van der Waals surface area contributed by atoms with Crippen LogP contribution in [0.1, 0.15) is 30.9 Å². The second-order valence-corrected chi connectivity index (χ2v) is 7.85. The van der Waals surface area contributed by atoms with Crippen LogP contribution in [0, 0.1) is 13.8 Å². The molecule has 2 rings (SSSR count). The van der Waals surface area contributed by atoms with Gasteiger partial charge in [-0.3, -0.25) is 9.69 Å². The number of carbonyl (C=O) groups is 1. The van der Waals surface area contributed by atoms with E-state index in [4.69, 9.17) is 5.11 Å². The van der Waals surface area contributed by atoms with Crippen molar-refractivity contribution < 1.29 is 18.3 Å². The predicted octanol–water partition coefficient (Wildman–Crippen LogP) is 1.52. The molecular formula is C16H24N2O4S. The highest BCUT2D eigenvalue weighted by atomic mass is 32.2. The topological polar surface area (TPSA) is 86.7 Å². The lowest BCUT2D eigenvalue weighted by atomic mass is 9.86. The molecule has 1 aliphatic carbocycles. The fourth-order valence-corrected chi connectivity index (χ4v) is 4.53. The number of carboxylic acid groups (broad SMARTS) is 1. The van der Waals surface area contributed by atoms with E-state index in [0.717, 1.165) is 11.1 Å². The maximum atomic E-state index is 12.5. The maximum Gasteiger partial charge on any atom is 0.317 e. The van der Waals surface area contributed by atoms with E-state index in [2.05, 4.69) is 4.72 Å². The largest absolute Gasteiger partial charge is 0.480 e. The third kappa shape index (κ3) is 4.31. The van der Waals surface area contributed by atoms with Crippen LogP contribution in [-0.2, 0) is 14.8 Å². The SMILES string of the molecule is CCN(CC(=O)O)C1CC(NS(=O)(=O)c2cc(C)ccc2C)C1. The molecule has 0 radical (unpaired) electrons.